The van der Waals surface area contributed by atoms with E-state index in [4.69, 9.17) is 11.5 Å². The van der Waals surface area contributed by atoms with Gasteiger partial charge in [0.25, 0.3) is 0 Å². The Kier molecular flexibility index (Phi) is 2.63. The Morgan fingerprint density at radius 3 is 2.59 bits per heavy atom. The monoisotopic (exact) mass is 235 g/mol. The van der Waals surface area contributed by atoms with Crippen LogP contribution in [0.1, 0.15) is 25.7 Å². The number of nitrogens with two attached hydrogens (primary N) is 2. The minimum Gasteiger partial charge on any atom is -0.384 e. The van der Waals surface area contributed by atoms with Crippen LogP contribution in [-0.2, 0) is 0 Å². The van der Waals surface area contributed by atoms with Crippen molar-refractivity contribution >= 4 is 0 Å². The van der Waals surface area contributed by atoms with Crippen LogP contribution in [-0.4, -0.2) is 35.1 Å². The van der Waals surface area contributed by atoms with Crippen molar-refractivity contribution in [2.24, 2.45) is 11.5 Å². The molecule has 0 aromatic carbocycles. The van der Waals surface area contributed by atoms with Gasteiger partial charge in [-0.15, -0.1) is 0 Å². The van der Waals surface area contributed by atoms with E-state index in [2.05, 4.69) is 21.5 Å². The molecule has 0 unspecified atom stereocenters. The van der Waals surface area contributed by atoms with Gasteiger partial charge >= 0.3 is 0 Å². The number of allylic oxidation sites excluding steroid dienone is 1. The van der Waals surface area contributed by atoms with Crippen LogP contribution in [0.3, 0.4) is 0 Å². The van der Waals surface area contributed by atoms with Crippen LogP contribution >= 0.6 is 0 Å². The number of hydrazine groups is 1. The van der Waals surface area contributed by atoms with Gasteiger partial charge in [0.1, 0.15) is 5.82 Å². The van der Waals surface area contributed by atoms with E-state index < -0.39 is 0 Å². The molecule has 0 spiro atoms. The summed E-state index contributed by atoms with van der Waals surface area (Å²) < 4.78 is 0. The number of nitrogens with one attached hydrogen (secondary N) is 1. The molecular weight excluding hydrogens is 214 g/mol. The summed E-state index contributed by atoms with van der Waals surface area (Å²) >= 11 is 0. The van der Waals surface area contributed by atoms with Gasteiger partial charge in [0.05, 0.1) is 5.70 Å². The van der Waals surface area contributed by atoms with E-state index in [1.165, 1.54) is 31.4 Å². The molecular formula is C12H21N5. The summed E-state index contributed by atoms with van der Waals surface area (Å²) in [6, 6.07) is 0.910. The molecule has 2 heterocycles. The summed E-state index contributed by atoms with van der Waals surface area (Å²) in [5, 5.41) is 2.18. The van der Waals surface area contributed by atoms with Crippen molar-refractivity contribution < 1.29 is 0 Å². The van der Waals surface area contributed by atoms with Crippen LogP contribution in [0.4, 0.5) is 0 Å². The molecule has 5 nitrogen and oxygen atoms in total. The van der Waals surface area contributed by atoms with Crippen LogP contribution < -0.4 is 16.9 Å². The van der Waals surface area contributed by atoms with Crippen molar-refractivity contribution in [2.45, 2.75) is 37.8 Å². The van der Waals surface area contributed by atoms with E-state index in [-0.39, 0.29) is 0 Å². The summed E-state index contributed by atoms with van der Waals surface area (Å²) in [7, 11) is 0. The summed E-state index contributed by atoms with van der Waals surface area (Å²) in [5.41, 5.74) is 16.2. The van der Waals surface area contributed by atoms with Crippen LogP contribution in [0.25, 0.3) is 0 Å². The Labute approximate surface area is 102 Å². The largest absolute Gasteiger partial charge is 0.384 e. The maximum absolute atomic E-state index is 5.94. The lowest BCUT2D eigenvalue weighted by Crippen LogP contribution is -2.56. The molecule has 0 aromatic heterocycles. The highest BCUT2D eigenvalue weighted by Crippen LogP contribution is 2.26. The second kappa shape index (κ2) is 4.14. The third-order valence-electron chi connectivity index (χ3n) is 3.83. The lowest BCUT2D eigenvalue weighted by atomic mass is 10.1. The summed E-state index contributed by atoms with van der Waals surface area (Å²) in [5.74, 6) is 0.731. The first kappa shape index (κ1) is 10.8. The first-order chi connectivity index (χ1) is 8.22. The van der Waals surface area contributed by atoms with Gasteiger partial charge in [-0.1, -0.05) is 12.8 Å². The predicted octanol–water partition coefficient (Wildman–Crippen LogP) is 0.0336. The van der Waals surface area contributed by atoms with Gasteiger partial charge in [-0.05, 0) is 12.8 Å². The van der Waals surface area contributed by atoms with Gasteiger partial charge in [-0.2, -0.15) is 0 Å². The molecule has 0 bridgehead atoms. The van der Waals surface area contributed by atoms with E-state index in [0.29, 0.717) is 12.1 Å². The summed E-state index contributed by atoms with van der Waals surface area (Å²) in [4.78, 5) is 2.28. The van der Waals surface area contributed by atoms with Crippen LogP contribution in [0.2, 0.25) is 0 Å². The Hall–Kier alpha value is -1.36. The lowest BCUT2D eigenvalue weighted by molar-refractivity contribution is 0.173. The average molecular weight is 235 g/mol. The number of hydrogen-bond donors (Lipinski definition) is 3. The van der Waals surface area contributed by atoms with E-state index in [1.807, 2.05) is 6.08 Å². The first-order valence-electron chi connectivity index (χ1n) is 6.47. The number of hydrogen-bond acceptors (Lipinski definition) is 5. The fourth-order valence-corrected chi connectivity index (χ4v) is 2.83. The third kappa shape index (κ3) is 2.07. The topological polar surface area (TPSA) is 70.5 Å². The van der Waals surface area contributed by atoms with Gasteiger partial charge in [0.2, 0.25) is 0 Å². The summed E-state index contributed by atoms with van der Waals surface area (Å²) in [6.07, 6.45) is 9.33. The third-order valence-corrected chi connectivity index (χ3v) is 3.83. The predicted molar refractivity (Wildman–Crippen MR) is 67.1 cm³/mol. The minimum absolute atomic E-state index is 0.320. The zero-order chi connectivity index (χ0) is 11.8. The fourth-order valence-electron chi connectivity index (χ4n) is 2.83. The standard InChI is InChI=1S/C12H21N5/c13-9-6-16(7-9)11-5-12(14)15-17(8-11)10-3-1-2-4-10/h5,8-10,15H,1-4,6-7,13-14H2. The van der Waals surface area contributed by atoms with Crippen LogP contribution in [0.15, 0.2) is 23.8 Å². The van der Waals surface area contributed by atoms with E-state index in [1.54, 1.807) is 0 Å². The van der Waals surface area contributed by atoms with Gasteiger partial charge in [0, 0.05) is 37.4 Å². The van der Waals surface area contributed by atoms with Gasteiger partial charge in [0.15, 0.2) is 0 Å². The van der Waals surface area contributed by atoms with Crippen LogP contribution in [0, 0.1) is 0 Å². The molecule has 94 valence electrons. The average Bonchev–Trinajstić information content (AvgIpc) is 2.77. The zero-order valence-corrected chi connectivity index (χ0v) is 10.1. The zero-order valence-electron chi connectivity index (χ0n) is 10.1. The molecule has 3 rings (SSSR count). The SMILES string of the molecule is NC1=CC(N2CC(N)C2)=CN(C2CCCC2)N1. The van der Waals surface area contributed by atoms with Gasteiger partial charge in [-0.25, -0.2) is 0 Å². The highest BCUT2D eigenvalue weighted by Gasteiger charge is 2.28. The number of likely N-dealkylation sites (tertiary alicyclic amines) is 1. The molecule has 0 amide bonds. The highest BCUT2D eigenvalue weighted by atomic mass is 15.5. The molecule has 1 aliphatic carbocycles. The molecule has 0 atom stereocenters. The molecule has 1 saturated carbocycles. The van der Waals surface area contributed by atoms with Crippen molar-refractivity contribution in [3.63, 3.8) is 0 Å². The smallest absolute Gasteiger partial charge is 0.117 e. The van der Waals surface area contributed by atoms with Gasteiger partial charge < -0.3 is 16.4 Å². The normalized spacial score (nSPS) is 26.4. The van der Waals surface area contributed by atoms with Crippen molar-refractivity contribution in [1.29, 1.82) is 0 Å². The Morgan fingerprint density at radius 1 is 1.24 bits per heavy atom. The molecule has 0 radical (unpaired) electrons. The molecule has 3 aliphatic rings. The molecule has 2 fully saturated rings. The Balaban J connectivity index is 1.72. The lowest BCUT2D eigenvalue weighted by Gasteiger charge is -2.42. The quantitative estimate of drug-likeness (QED) is 0.630. The van der Waals surface area contributed by atoms with E-state index in [9.17, 15) is 0 Å². The second-order valence-electron chi connectivity index (χ2n) is 5.28. The Bertz CT molecular complexity index is 350. The van der Waals surface area contributed by atoms with Crippen molar-refractivity contribution in [2.75, 3.05) is 13.1 Å². The van der Waals surface area contributed by atoms with Crippen molar-refractivity contribution in [1.82, 2.24) is 15.3 Å². The molecule has 0 aromatic rings. The van der Waals surface area contributed by atoms with E-state index in [0.717, 1.165) is 18.9 Å². The highest BCUT2D eigenvalue weighted by molar-refractivity contribution is 5.25. The maximum atomic E-state index is 5.94. The van der Waals surface area contributed by atoms with Crippen molar-refractivity contribution in [3.05, 3.63) is 23.8 Å². The second-order valence-corrected chi connectivity index (χ2v) is 5.28. The Morgan fingerprint density at radius 2 is 1.94 bits per heavy atom. The van der Waals surface area contributed by atoms with E-state index >= 15 is 0 Å². The van der Waals surface area contributed by atoms with Crippen molar-refractivity contribution in [3.8, 4) is 0 Å². The fraction of sp³-hybridized carbons (Fsp3) is 0.667. The van der Waals surface area contributed by atoms with Gasteiger partial charge in [-0.3, -0.25) is 10.4 Å². The molecule has 17 heavy (non-hydrogen) atoms. The van der Waals surface area contributed by atoms with Crippen LogP contribution in [0.5, 0.6) is 0 Å². The minimum atomic E-state index is 0.320. The number of rotatable bonds is 2. The molecule has 5 heteroatoms. The maximum Gasteiger partial charge on any atom is 0.117 e. The summed E-state index contributed by atoms with van der Waals surface area (Å²) in [6.45, 7) is 1.88. The molecule has 2 aliphatic heterocycles. The molecule has 1 saturated heterocycles. The molecule has 5 N–H and O–H groups in total. The number of nitrogens with zero attached hydrogens (tertiary/aromatic N) is 2. The first-order valence-corrected chi connectivity index (χ1v) is 6.47.